The Morgan fingerprint density at radius 3 is 2.48 bits per heavy atom. The molecular weight excluding hydrogens is 292 g/mol. The number of anilines is 1. The lowest BCUT2D eigenvalue weighted by molar-refractivity contribution is 0.0604. The van der Waals surface area contributed by atoms with Gasteiger partial charge in [0, 0.05) is 26.7 Å². The maximum atomic E-state index is 12.5. The van der Waals surface area contributed by atoms with E-state index in [1.807, 2.05) is 6.92 Å². The minimum absolute atomic E-state index is 0.139. The van der Waals surface area contributed by atoms with Gasteiger partial charge in [-0.1, -0.05) is 6.92 Å². The summed E-state index contributed by atoms with van der Waals surface area (Å²) in [5.41, 5.74) is 0. The number of rotatable bonds is 6. The van der Waals surface area contributed by atoms with Crippen LogP contribution >= 0.6 is 0 Å². The Hall–Kier alpha value is -1.25. The van der Waals surface area contributed by atoms with E-state index in [0.29, 0.717) is 31.9 Å². The number of sulfonamides is 1. The number of hydrogen-bond donors (Lipinski definition) is 1. The Morgan fingerprint density at radius 2 is 1.95 bits per heavy atom. The summed E-state index contributed by atoms with van der Waals surface area (Å²) in [6.45, 7) is 3.74. The van der Waals surface area contributed by atoms with E-state index in [2.05, 4.69) is 15.3 Å². The van der Waals surface area contributed by atoms with Crippen LogP contribution in [0, 0.1) is 0 Å². The molecule has 0 atom stereocenters. The lowest BCUT2D eigenvalue weighted by Gasteiger charge is -2.30. The number of hydrogen-bond acceptors (Lipinski definition) is 6. The molecular formula is C13H22N4O3S. The molecule has 1 aliphatic rings. The van der Waals surface area contributed by atoms with E-state index in [1.54, 1.807) is 7.11 Å². The Kier molecular flexibility index (Phi) is 5.49. The van der Waals surface area contributed by atoms with Gasteiger partial charge in [0.1, 0.15) is 4.90 Å². The van der Waals surface area contributed by atoms with Gasteiger partial charge < -0.3 is 10.1 Å². The van der Waals surface area contributed by atoms with Crippen LogP contribution in [0.4, 0.5) is 5.95 Å². The number of methoxy groups -OCH3 is 1. The highest BCUT2D eigenvalue weighted by Crippen LogP contribution is 2.21. The van der Waals surface area contributed by atoms with E-state index in [9.17, 15) is 8.42 Å². The second-order valence-corrected chi connectivity index (χ2v) is 6.95. The first-order valence-corrected chi connectivity index (χ1v) is 8.60. The van der Waals surface area contributed by atoms with Crippen LogP contribution in [-0.4, -0.2) is 55.5 Å². The van der Waals surface area contributed by atoms with Crippen LogP contribution < -0.4 is 5.32 Å². The van der Waals surface area contributed by atoms with E-state index in [0.717, 1.165) is 13.0 Å². The normalized spacial score (nSPS) is 17.8. The van der Waals surface area contributed by atoms with Crippen molar-refractivity contribution in [3.05, 3.63) is 12.4 Å². The fourth-order valence-electron chi connectivity index (χ4n) is 2.23. The zero-order chi connectivity index (χ0) is 15.3. The second-order valence-electron chi connectivity index (χ2n) is 5.01. The second kappa shape index (κ2) is 7.15. The SMILES string of the molecule is CCCNc1ncc(S(=O)(=O)N2CCC(OC)CC2)cn1. The molecule has 1 saturated heterocycles. The number of ether oxygens (including phenoxy) is 1. The van der Waals surface area contributed by atoms with Crippen molar-refractivity contribution in [2.75, 3.05) is 32.1 Å². The monoisotopic (exact) mass is 314 g/mol. The van der Waals surface area contributed by atoms with Crippen molar-refractivity contribution >= 4 is 16.0 Å². The van der Waals surface area contributed by atoms with Crippen LogP contribution in [0.3, 0.4) is 0 Å². The molecule has 0 bridgehead atoms. The standard InChI is InChI=1S/C13H22N4O3S/c1-3-6-14-13-15-9-12(10-16-13)21(18,19)17-7-4-11(20-2)5-8-17/h9-11H,3-8H2,1-2H3,(H,14,15,16). The van der Waals surface area contributed by atoms with Gasteiger partial charge >= 0.3 is 0 Å². The van der Waals surface area contributed by atoms with Gasteiger partial charge in [-0.3, -0.25) is 0 Å². The van der Waals surface area contributed by atoms with Crippen LogP contribution in [0.15, 0.2) is 17.3 Å². The van der Waals surface area contributed by atoms with Crippen molar-refractivity contribution in [1.29, 1.82) is 0 Å². The molecule has 1 aromatic rings. The van der Waals surface area contributed by atoms with Gasteiger partial charge in [0.25, 0.3) is 0 Å². The summed E-state index contributed by atoms with van der Waals surface area (Å²) in [6.07, 6.45) is 5.26. The number of nitrogens with one attached hydrogen (secondary N) is 1. The quantitative estimate of drug-likeness (QED) is 0.846. The van der Waals surface area contributed by atoms with Gasteiger partial charge in [-0.15, -0.1) is 0 Å². The molecule has 0 amide bonds. The van der Waals surface area contributed by atoms with E-state index in [-0.39, 0.29) is 11.0 Å². The lowest BCUT2D eigenvalue weighted by atomic mass is 10.1. The summed E-state index contributed by atoms with van der Waals surface area (Å²) in [7, 11) is -1.85. The van der Waals surface area contributed by atoms with Crippen LogP contribution in [0.1, 0.15) is 26.2 Å². The third-order valence-electron chi connectivity index (χ3n) is 3.53. The van der Waals surface area contributed by atoms with Crippen LogP contribution in [-0.2, 0) is 14.8 Å². The number of piperidine rings is 1. The molecule has 0 aromatic carbocycles. The van der Waals surface area contributed by atoms with Crippen molar-refractivity contribution in [2.45, 2.75) is 37.2 Å². The molecule has 2 heterocycles. The van der Waals surface area contributed by atoms with E-state index < -0.39 is 10.0 Å². The fourth-order valence-corrected chi connectivity index (χ4v) is 3.60. The smallest absolute Gasteiger partial charge is 0.246 e. The molecule has 1 aliphatic heterocycles. The molecule has 8 heteroatoms. The Bertz CT molecular complexity index is 539. The van der Waals surface area contributed by atoms with Gasteiger partial charge in [-0.05, 0) is 19.3 Å². The highest BCUT2D eigenvalue weighted by atomic mass is 32.2. The molecule has 2 rings (SSSR count). The highest BCUT2D eigenvalue weighted by Gasteiger charge is 2.29. The van der Waals surface area contributed by atoms with Gasteiger partial charge in [0.15, 0.2) is 0 Å². The first kappa shape index (κ1) is 16.1. The maximum Gasteiger partial charge on any atom is 0.246 e. The molecule has 21 heavy (non-hydrogen) atoms. The molecule has 0 unspecified atom stereocenters. The zero-order valence-electron chi connectivity index (χ0n) is 12.4. The highest BCUT2D eigenvalue weighted by molar-refractivity contribution is 7.89. The van der Waals surface area contributed by atoms with Gasteiger partial charge in [-0.25, -0.2) is 18.4 Å². The van der Waals surface area contributed by atoms with E-state index in [1.165, 1.54) is 16.7 Å². The summed E-state index contributed by atoms with van der Waals surface area (Å²) < 4.78 is 31.7. The van der Waals surface area contributed by atoms with Crippen molar-refractivity contribution < 1.29 is 13.2 Å². The summed E-state index contributed by atoms with van der Waals surface area (Å²) in [4.78, 5) is 8.25. The average molecular weight is 314 g/mol. The van der Waals surface area contributed by atoms with Crippen LogP contribution in [0.25, 0.3) is 0 Å². The first-order chi connectivity index (χ1) is 10.1. The predicted molar refractivity (Wildman–Crippen MR) is 79.6 cm³/mol. The van der Waals surface area contributed by atoms with E-state index in [4.69, 9.17) is 4.74 Å². The molecule has 0 spiro atoms. The molecule has 1 fully saturated rings. The van der Waals surface area contributed by atoms with Crippen LogP contribution in [0.2, 0.25) is 0 Å². The third kappa shape index (κ3) is 3.90. The Balaban J connectivity index is 2.05. The topological polar surface area (TPSA) is 84.4 Å². The minimum atomic E-state index is -3.51. The maximum absolute atomic E-state index is 12.5. The van der Waals surface area contributed by atoms with Crippen molar-refractivity contribution in [1.82, 2.24) is 14.3 Å². The molecule has 0 radical (unpaired) electrons. The minimum Gasteiger partial charge on any atom is -0.381 e. The third-order valence-corrected chi connectivity index (χ3v) is 5.38. The van der Waals surface area contributed by atoms with Crippen LogP contribution in [0.5, 0.6) is 0 Å². The lowest BCUT2D eigenvalue weighted by Crippen LogP contribution is -2.40. The summed E-state index contributed by atoms with van der Waals surface area (Å²) in [5.74, 6) is 0.453. The molecule has 1 aromatic heterocycles. The summed E-state index contributed by atoms with van der Waals surface area (Å²) >= 11 is 0. The molecule has 7 nitrogen and oxygen atoms in total. The molecule has 0 saturated carbocycles. The van der Waals surface area contributed by atoms with Crippen molar-refractivity contribution in [3.63, 3.8) is 0 Å². The van der Waals surface area contributed by atoms with Gasteiger partial charge in [-0.2, -0.15) is 4.31 Å². The summed E-state index contributed by atoms with van der Waals surface area (Å²) in [5, 5.41) is 3.02. The fraction of sp³-hybridized carbons (Fsp3) is 0.692. The molecule has 1 N–H and O–H groups in total. The average Bonchev–Trinajstić information content (AvgIpc) is 2.53. The summed E-state index contributed by atoms with van der Waals surface area (Å²) in [6, 6.07) is 0. The largest absolute Gasteiger partial charge is 0.381 e. The first-order valence-electron chi connectivity index (χ1n) is 7.16. The number of aromatic nitrogens is 2. The Labute approximate surface area is 125 Å². The predicted octanol–water partition coefficient (Wildman–Crippen LogP) is 1.10. The number of nitrogens with zero attached hydrogens (tertiary/aromatic N) is 3. The van der Waals surface area contributed by atoms with Gasteiger partial charge in [0.05, 0.1) is 18.5 Å². The van der Waals surface area contributed by atoms with Crippen molar-refractivity contribution in [3.8, 4) is 0 Å². The Morgan fingerprint density at radius 1 is 1.33 bits per heavy atom. The van der Waals surface area contributed by atoms with E-state index >= 15 is 0 Å². The van der Waals surface area contributed by atoms with Crippen molar-refractivity contribution in [2.24, 2.45) is 0 Å². The van der Waals surface area contributed by atoms with Gasteiger partial charge in [0.2, 0.25) is 16.0 Å². The molecule has 118 valence electrons. The zero-order valence-corrected chi connectivity index (χ0v) is 13.3. The molecule has 0 aliphatic carbocycles.